The fourth-order valence-electron chi connectivity index (χ4n) is 3.51. The summed E-state index contributed by atoms with van der Waals surface area (Å²) in [5, 5.41) is 6.73. The first-order valence-electron chi connectivity index (χ1n) is 8.76. The first-order chi connectivity index (χ1) is 12.3. The van der Waals surface area contributed by atoms with Crippen molar-refractivity contribution in [3.05, 3.63) is 59.7 Å². The lowest BCUT2D eigenvalue weighted by atomic mass is 9.91. The van der Waals surface area contributed by atoms with Gasteiger partial charge in [-0.1, -0.05) is 42.5 Å². The summed E-state index contributed by atoms with van der Waals surface area (Å²) in [7, 11) is 0. The Morgan fingerprint density at radius 3 is 2.76 bits per heavy atom. The van der Waals surface area contributed by atoms with Crippen LogP contribution in [-0.4, -0.2) is 25.2 Å². The minimum Gasteiger partial charge on any atom is -0.486 e. The highest BCUT2D eigenvalue weighted by atomic mass is 16.6. The third-order valence-electron chi connectivity index (χ3n) is 4.76. The van der Waals surface area contributed by atoms with Gasteiger partial charge in [0.2, 0.25) is 5.91 Å². The van der Waals surface area contributed by atoms with Crippen molar-refractivity contribution in [2.24, 2.45) is 0 Å². The van der Waals surface area contributed by atoms with Crippen LogP contribution in [0.4, 0.5) is 0 Å². The zero-order chi connectivity index (χ0) is 17.1. The van der Waals surface area contributed by atoms with Gasteiger partial charge in [0.15, 0.2) is 11.5 Å². The molecule has 5 heteroatoms. The second-order valence-electron chi connectivity index (χ2n) is 6.42. The largest absolute Gasteiger partial charge is 0.486 e. The lowest BCUT2D eigenvalue weighted by molar-refractivity contribution is -0.123. The number of piperidine rings is 1. The highest BCUT2D eigenvalue weighted by molar-refractivity contribution is 5.77. The molecule has 1 amide bonds. The zero-order valence-electron chi connectivity index (χ0n) is 14.0. The van der Waals surface area contributed by atoms with E-state index in [1.165, 1.54) is 0 Å². The van der Waals surface area contributed by atoms with Crippen LogP contribution in [0.2, 0.25) is 0 Å². The maximum atomic E-state index is 11.9. The van der Waals surface area contributed by atoms with Crippen LogP contribution in [0, 0.1) is 0 Å². The molecule has 1 fully saturated rings. The molecule has 2 heterocycles. The lowest BCUT2D eigenvalue weighted by Gasteiger charge is -2.33. The molecule has 0 saturated carbocycles. The van der Waals surface area contributed by atoms with Gasteiger partial charge in [-0.2, -0.15) is 0 Å². The Hall–Kier alpha value is -2.53. The molecule has 0 aromatic heterocycles. The molecule has 0 aliphatic carbocycles. The number of amides is 1. The van der Waals surface area contributed by atoms with Crippen molar-refractivity contribution >= 4 is 5.91 Å². The molecule has 1 saturated heterocycles. The minimum absolute atomic E-state index is 0.0147. The summed E-state index contributed by atoms with van der Waals surface area (Å²) in [6.45, 7) is 1.85. The molecule has 4 rings (SSSR count). The van der Waals surface area contributed by atoms with Crippen molar-refractivity contribution in [2.45, 2.75) is 31.5 Å². The number of benzene rings is 2. The summed E-state index contributed by atoms with van der Waals surface area (Å²) in [4.78, 5) is 11.9. The number of para-hydroxylation sites is 1. The first kappa shape index (κ1) is 16.0. The van der Waals surface area contributed by atoms with Gasteiger partial charge < -0.3 is 20.1 Å². The Labute approximate surface area is 147 Å². The van der Waals surface area contributed by atoms with Crippen LogP contribution in [0.1, 0.15) is 30.0 Å². The molecule has 130 valence electrons. The van der Waals surface area contributed by atoms with Gasteiger partial charge in [0.05, 0.1) is 6.04 Å². The molecule has 0 bridgehead atoms. The summed E-state index contributed by atoms with van der Waals surface area (Å²) in [6, 6.07) is 16.3. The Balaban J connectivity index is 1.50. The molecule has 2 aliphatic heterocycles. The maximum Gasteiger partial charge on any atom is 0.220 e. The number of hydrogen-bond donors (Lipinski definition) is 2. The van der Waals surface area contributed by atoms with Crippen molar-refractivity contribution in [3.8, 4) is 11.5 Å². The van der Waals surface area contributed by atoms with E-state index in [4.69, 9.17) is 9.47 Å². The second kappa shape index (κ2) is 7.15. The predicted molar refractivity (Wildman–Crippen MR) is 94.6 cm³/mol. The van der Waals surface area contributed by atoms with Crippen molar-refractivity contribution < 1.29 is 14.3 Å². The van der Waals surface area contributed by atoms with E-state index in [-0.39, 0.29) is 18.0 Å². The van der Waals surface area contributed by atoms with Gasteiger partial charge in [0.25, 0.3) is 0 Å². The van der Waals surface area contributed by atoms with Crippen LogP contribution in [-0.2, 0) is 11.3 Å². The smallest absolute Gasteiger partial charge is 0.220 e. The Morgan fingerprint density at radius 1 is 1.04 bits per heavy atom. The van der Waals surface area contributed by atoms with E-state index in [1.807, 2.05) is 30.3 Å². The zero-order valence-corrected chi connectivity index (χ0v) is 14.0. The molecule has 2 aromatic carbocycles. The molecule has 2 N–H and O–H groups in total. The Morgan fingerprint density at radius 2 is 1.88 bits per heavy atom. The van der Waals surface area contributed by atoms with Gasteiger partial charge in [-0.3, -0.25) is 4.79 Å². The van der Waals surface area contributed by atoms with Gasteiger partial charge in [-0.25, -0.2) is 0 Å². The van der Waals surface area contributed by atoms with Gasteiger partial charge in [-0.15, -0.1) is 0 Å². The average molecular weight is 338 g/mol. The van der Waals surface area contributed by atoms with Gasteiger partial charge in [-0.05, 0) is 18.1 Å². The monoisotopic (exact) mass is 338 g/mol. The molecule has 5 nitrogen and oxygen atoms in total. The highest BCUT2D eigenvalue weighted by Crippen LogP contribution is 2.34. The SMILES string of the molecule is O=C1CC[C@@H](NCc2cccc3c2OCCO3)[C@H](c2ccccc2)N1. The van der Waals surface area contributed by atoms with Gasteiger partial charge in [0.1, 0.15) is 13.2 Å². The van der Waals surface area contributed by atoms with Crippen molar-refractivity contribution in [2.75, 3.05) is 13.2 Å². The molecule has 2 aliphatic rings. The lowest BCUT2D eigenvalue weighted by Crippen LogP contribution is -2.48. The third kappa shape index (κ3) is 3.46. The number of nitrogens with one attached hydrogen (secondary N) is 2. The number of fused-ring (bicyclic) bond motifs is 1. The van der Waals surface area contributed by atoms with E-state index in [1.54, 1.807) is 0 Å². The van der Waals surface area contributed by atoms with Crippen LogP contribution in [0.5, 0.6) is 11.5 Å². The molecular weight excluding hydrogens is 316 g/mol. The van der Waals surface area contributed by atoms with Crippen molar-refractivity contribution in [3.63, 3.8) is 0 Å². The summed E-state index contributed by atoms with van der Waals surface area (Å²) >= 11 is 0. The van der Waals surface area contributed by atoms with Crippen LogP contribution in [0.15, 0.2) is 48.5 Å². The number of ether oxygens (including phenoxy) is 2. The topological polar surface area (TPSA) is 59.6 Å². The van der Waals surface area contributed by atoms with Crippen LogP contribution in [0.25, 0.3) is 0 Å². The van der Waals surface area contributed by atoms with E-state index in [2.05, 4.69) is 28.8 Å². The normalized spacial score (nSPS) is 22.3. The number of rotatable bonds is 4. The molecule has 0 spiro atoms. The number of carbonyl (C=O) groups is 1. The van der Waals surface area contributed by atoms with E-state index in [0.29, 0.717) is 26.2 Å². The summed E-state index contributed by atoms with van der Waals surface area (Å²) in [5.74, 6) is 1.75. The maximum absolute atomic E-state index is 11.9. The minimum atomic E-state index is -0.0147. The number of hydrogen-bond acceptors (Lipinski definition) is 4. The fourth-order valence-corrected chi connectivity index (χ4v) is 3.51. The molecule has 25 heavy (non-hydrogen) atoms. The van der Waals surface area contributed by atoms with E-state index >= 15 is 0 Å². The van der Waals surface area contributed by atoms with Gasteiger partial charge >= 0.3 is 0 Å². The average Bonchev–Trinajstić information content (AvgIpc) is 2.67. The first-order valence-corrected chi connectivity index (χ1v) is 8.76. The standard InChI is InChI=1S/C20H22N2O3/c23-18-10-9-16(19(22-18)14-5-2-1-3-6-14)21-13-15-7-4-8-17-20(15)25-12-11-24-17/h1-8,16,19,21H,9-13H2,(H,22,23)/t16-,19+/m1/s1. The van der Waals surface area contributed by atoms with E-state index < -0.39 is 0 Å². The molecule has 0 unspecified atom stereocenters. The molecular formula is C20H22N2O3. The van der Waals surface area contributed by atoms with Crippen molar-refractivity contribution in [1.82, 2.24) is 10.6 Å². The second-order valence-corrected chi connectivity index (χ2v) is 6.42. The van der Waals surface area contributed by atoms with Crippen molar-refractivity contribution in [1.29, 1.82) is 0 Å². The number of carbonyl (C=O) groups excluding carboxylic acids is 1. The fraction of sp³-hybridized carbons (Fsp3) is 0.350. The molecule has 2 aromatic rings. The third-order valence-corrected chi connectivity index (χ3v) is 4.76. The summed E-state index contributed by atoms with van der Waals surface area (Å²) in [6.07, 6.45) is 1.37. The van der Waals surface area contributed by atoms with E-state index in [9.17, 15) is 4.79 Å². The van der Waals surface area contributed by atoms with Crippen LogP contribution in [0.3, 0.4) is 0 Å². The predicted octanol–water partition coefficient (Wildman–Crippen LogP) is 2.57. The Kier molecular flexibility index (Phi) is 4.57. The molecule has 2 atom stereocenters. The van der Waals surface area contributed by atoms with Gasteiger partial charge in [0, 0.05) is 24.6 Å². The quantitative estimate of drug-likeness (QED) is 0.900. The van der Waals surface area contributed by atoms with Crippen LogP contribution < -0.4 is 20.1 Å². The summed E-state index contributed by atoms with van der Waals surface area (Å²) < 4.78 is 11.4. The molecule has 0 radical (unpaired) electrons. The Bertz CT molecular complexity index is 748. The van der Waals surface area contributed by atoms with Crippen LogP contribution >= 0.6 is 0 Å². The highest BCUT2D eigenvalue weighted by Gasteiger charge is 2.29. The van der Waals surface area contributed by atoms with E-state index in [0.717, 1.165) is 29.0 Å². The summed E-state index contributed by atoms with van der Waals surface area (Å²) in [5.41, 5.74) is 2.21.